The molecule has 200 valence electrons. The third-order valence-corrected chi connectivity index (χ3v) is 8.64. The van der Waals surface area contributed by atoms with Crippen molar-refractivity contribution in [2.24, 2.45) is 18.9 Å². The first-order chi connectivity index (χ1) is 17.5. The van der Waals surface area contributed by atoms with Gasteiger partial charge in [0.25, 0.3) is 5.91 Å². The maximum Gasteiger partial charge on any atom is 0.304 e. The van der Waals surface area contributed by atoms with Crippen LogP contribution in [-0.2, 0) is 18.4 Å². The van der Waals surface area contributed by atoms with Crippen molar-refractivity contribution in [1.29, 1.82) is 0 Å². The fraction of sp³-hybridized carbons (Fsp3) is 0.607. The van der Waals surface area contributed by atoms with Gasteiger partial charge in [-0.05, 0) is 62.6 Å². The van der Waals surface area contributed by atoms with E-state index in [9.17, 15) is 13.6 Å². The summed E-state index contributed by atoms with van der Waals surface area (Å²) in [5, 5.41) is 12.6. The number of nitrogens with zero attached hydrogens (tertiary/aromatic N) is 4. The number of benzene rings is 1. The Labute approximate surface area is 216 Å². The molecule has 0 bridgehead atoms. The Balaban J connectivity index is 1.10. The van der Waals surface area contributed by atoms with Crippen molar-refractivity contribution in [3.05, 3.63) is 47.5 Å². The normalized spacial score (nSPS) is 27.1. The molecule has 1 aromatic carbocycles. The smallest absolute Gasteiger partial charge is 0.304 e. The van der Waals surface area contributed by atoms with Gasteiger partial charge in [-0.25, -0.2) is 0 Å². The third kappa shape index (κ3) is 5.28. The summed E-state index contributed by atoms with van der Waals surface area (Å²) in [6.45, 7) is 7.81. The topological polar surface area (TPSA) is 76.2 Å². The van der Waals surface area contributed by atoms with Gasteiger partial charge >= 0.3 is 5.92 Å². The fourth-order valence-electron chi connectivity index (χ4n) is 6.11. The maximum absolute atomic E-state index is 13.7. The van der Waals surface area contributed by atoms with E-state index in [1.807, 2.05) is 31.4 Å². The Hall–Kier alpha value is -2.81. The zero-order valence-electron chi connectivity index (χ0n) is 22.1. The van der Waals surface area contributed by atoms with E-state index in [0.29, 0.717) is 23.1 Å². The Bertz CT molecular complexity index is 1260. The molecular formula is C28H37F2N5O2. The van der Waals surface area contributed by atoms with Crippen LogP contribution in [0.2, 0.25) is 0 Å². The molecule has 7 nitrogen and oxygen atoms in total. The second kappa shape index (κ2) is 9.82. The molecule has 0 unspecified atom stereocenters. The highest BCUT2D eigenvalue weighted by Gasteiger charge is 2.45. The molecule has 1 saturated carbocycles. The minimum atomic E-state index is -3.02. The lowest BCUT2D eigenvalue weighted by Crippen LogP contribution is -2.38. The van der Waals surface area contributed by atoms with Crippen LogP contribution in [0.5, 0.6) is 0 Å². The van der Waals surface area contributed by atoms with Gasteiger partial charge in [-0.2, -0.15) is 13.9 Å². The van der Waals surface area contributed by atoms with Gasteiger partial charge in [0, 0.05) is 56.2 Å². The minimum Gasteiger partial charge on any atom is -0.355 e. The fourth-order valence-corrected chi connectivity index (χ4v) is 6.11. The standard InChI is InChI=1S/C28H37F2N5O2/c1-18-15-35(17-27(18,2)24-14-25(37-33-24)28(3,29)30)13-12-19-8-10-20(11-9-19)31-26(36)21-6-5-7-23-22(21)16-34(4)32-23/h5-7,14,16,18-20H,8-13,15,17H2,1-4H3,(H,31,36)/t18-,19?,20?,27-/m0/s1. The zero-order chi connectivity index (χ0) is 26.4. The largest absolute Gasteiger partial charge is 0.355 e. The predicted octanol–water partition coefficient (Wildman–Crippen LogP) is 5.26. The Kier molecular flexibility index (Phi) is 6.85. The highest BCUT2D eigenvalue weighted by molar-refractivity contribution is 6.06. The summed E-state index contributed by atoms with van der Waals surface area (Å²) in [7, 11) is 1.87. The van der Waals surface area contributed by atoms with Crippen molar-refractivity contribution in [3.8, 4) is 0 Å². The van der Waals surface area contributed by atoms with E-state index in [4.69, 9.17) is 4.52 Å². The summed E-state index contributed by atoms with van der Waals surface area (Å²) in [5.41, 5.74) is 1.84. The molecule has 1 amide bonds. The van der Waals surface area contributed by atoms with E-state index in [-0.39, 0.29) is 23.1 Å². The van der Waals surface area contributed by atoms with Crippen LogP contribution >= 0.6 is 0 Å². The van der Waals surface area contributed by atoms with Crippen molar-refractivity contribution in [2.75, 3.05) is 19.6 Å². The van der Waals surface area contributed by atoms with E-state index < -0.39 is 5.92 Å². The van der Waals surface area contributed by atoms with Gasteiger partial charge in [-0.3, -0.25) is 9.48 Å². The molecule has 2 atom stereocenters. The summed E-state index contributed by atoms with van der Waals surface area (Å²) in [5.74, 6) is -2.48. The number of carbonyl (C=O) groups is 1. The molecule has 2 aliphatic rings. The SMILES string of the molecule is C[C@H]1CN(CCC2CCC(NC(=O)c3cccc4nn(C)cc34)CC2)C[C@]1(C)c1cc(C(C)(F)F)on1. The Morgan fingerprint density at radius 2 is 2.03 bits per heavy atom. The molecule has 0 spiro atoms. The van der Waals surface area contributed by atoms with E-state index in [2.05, 4.69) is 34.3 Å². The molecule has 5 rings (SSSR count). The maximum atomic E-state index is 13.7. The summed E-state index contributed by atoms with van der Waals surface area (Å²) in [4.78, 5) is 15.4. The van der Waals surface area contributed by atoms with Gasteiger partial charge in [0.15, 0.2) is 0 Å². The van der Waals surface area contributed by atoms with E-state index in [1.165, 1.54) is 6.07 Å². The number of aromatic nitrogens is 3. The van der Waals surface area contributed by atoms with Crippen LogP contribution in [0.1, 0.15) is 74.7 Å². The van der Waals surface area contributed by atoms with Gasteiger partial charge < -0.3 is 14.7 Å². The van der Waals surface area contributed by atoms with Crippen LogP contribution in [-0.4, -0.2) is 51.4 Å². The molecule has 2 aromatic heterocycles. The third-order valence-electron chi connectivity index (χ3n) is 8.64. The Morgan fingerprint density at radius 3 is 2.73 bits per heavy atom. The number of carbonyl (C=O) groups excluding carboxylic acids is 1. The van der Waals surface area contributed by atoms with E-state index in [1.54, 1.807) is 4.68 Å². The second-order valence-corrected chi connectivity index (χ2v) is 11.5. The molecule has 1 saturated heterocycles. The molecule has 1 aliphatic heterocycles. The number of fused-ring (bicyclic) bond motifs is 1. The van der Waals surface area contributed by atoms with Gasteiger partial charge in [-0.15, -0.1) is 0 Å². The number of amides is 1. The van der Waals surface area contributed by atoms with Crippen LogP contribution in [0.3, 0.4) is 0 Å². The lowest BCUT2D eigenvalue weighted by atomic mass is 9.78. The summed E-state index contributed by atoms with van der Waals surface area (Å²) < 4.78 is 34.0. The number of hydrogen-bond acceptors (Lipinski definition) is 5. The van der Waals surface area contributed by atoms with Crippen molar-refractivity contribution < 1.29 is 18.1 Å². The highest BCUT2D eigenvalue weighted by Crippen LogP contribution is 2.40. The number of nitrogens with one attached hydrogen (secondary N) is 1. The van der Waals surface area contributed by atoms with Crippen molar-refractivity contribution >= 4 is 16.8 Å². The first kappa shape index (κ1) is 25.8. The molecule has 2 fully saturated rings. The number of alkyl halides is 2. The second-order valence-electron chi connectivity index (χ2n) is 11.5. The van der Waals surface area contributed by atoms with Gasteiger partial charge in [0.05, 0.1) is 16.8 Å². The van der Waals surface area contributed by atoms with E-state index >= 15 is 0 Å². The molecule has 3 aromatic rings. The predicted molar refractivity (Wildman–Crippen MR) is 138 cm³/mol. The lowest BCUT2D eigenvalue weighted by Gasteiger charge is -2.30. The van der Waals surface area contributed by atoms with Crippen LogP contribution in [0.25, 0.3) is 10.9 Å². The van der Waals surface area contributed by atoms with Gasteiger partial charge in [-0.1, -0.05) is 25.1 Å². The van der Waals surface area contributed by atoms with E-state index in [0.717, 1.165) is 69.6 Å². The van der Waals surface area contributed by atoms with Gasteiger partial charge in [0.2, 0.25) is 5.76 Å². The van der Waals surface area contributed by atoms with Crippen LogP contribution in [0.4, 0.5) is 8.78 Å². The number of likely N-dealkylation sites (tertiary alicyclic amines) is 1. The summed E-state index contributed by atoms with van der Waals surface area (Å²) in [6, 6.07) is 7.30. The summed E-state index contributed by atoms with van der Waals surface area (Å²) >= 11 is 0. The molecule has 3 heterocycles. The highest BCUT2D eigenvalue weighted by atomic mass is 19.3. The van der Waals surface area contributed by atoms with Crippen LogP contribution < -0.4 is 5.32 Å². The Morgan fingerprint density at radius 1 is 1.27 bits per heavy atom. The van der Waals surface area contributed by atoms with Crippen molar-refractivity contribution in [1.82, 2.24) is 25.2 Å². The van der Waals surface area contributed by atoms with Crippen molar-refractivity contribution in [2.45, 2.75) is 70.3 Å². The molecule has 1 aliphatic carbocycles. The molecule has 37 heavy (non-hydrogen) atoms. The lowest BCUT2D eigenvalue weighted by molar-refractivity contribution is -0.0106. The zero-order valence-corrected chi connectivity index (χ0v) is 22.1. The molecule has 9 heteroatoms. The molecule has 0 radical (unpaired) electrons. The number of aryl methyl sites for hydroxylation is 1. The van der Waals surface area contributed by atoms with Crippen molar-refractivity contribution in [3.63, 3.8) is 0 Å². The van der Waals surface area contributed by atoms with Crippen LogP contribution in [0.15, 0.2) is 35.0 Å². The first-order valence-electron chi connectivity index (χ1n) is 13.3. The number of rotatable bonds is 7. The number of halogens is 2. The van der Waals surface area contributed by atoms with Crippen LogP contribution in [0, 0.1) is 11.8 Å². The van der Waals surface area contributed by atoms with Gasteiger partial charge in [0.1, 0.15) is 0 Å². The average molecular weight is 514 g/mol. The number of hydrogen-bond donors (Lipinski definition) is 1. The quantitative estimate of drug-likeness (QED) is 0.466. The monoisotopic (exact) mass is 513 g/mol. The summed E-state index contributed by atoms with van der Waals surface area (Å²) in [6.07, 6.45) is 7.17. The minimum absolute atomic E-state index is 0.0239. The molecule has 1 N–H and O–H groups in total. The first-order valence-corrected chi connectivity index (χ1v) is 13.3. The molecular weight excluding hydrogens is 476 g/mol. The average Bonchev–Trinajstić information content (AvgIpc) is 3.55.